The Balaban J connectivity index is 2.60. The van der Waals surface area contributed by atoms with E-state index in [4.69, 9.17) is 9.47 Å². The lowest BCUT2D eigenvalue weighted by atomic mass is 9.93. The van der Waals surface area contributed by atoms with Crippen LogP contribution >= 0.6 is 0 Å². The number of rotatable bonds is 6. The third-order valence-corrected chi connectivity index (χ3v) is 3.91. The molecule has 2 amide bonds. The molecule has 1 aromatic carbocycles. The van der Waals surface area contributed by atoms with Crippen LogP contribution in [0.2, 0.25) is 0 Å². The lowest BCUT2D eigenvalue weighted by Gasteiger charge is -2.34. The van der Waals surface area contributed by atoms with Gasteiger partial charge in [0.15, 0.2) is 0 Å². The Labute approximate surface area is 139 Å². The van der Waals surface area contributed by atoms with Gasteiger partial charge in [-0.05, 0) is 32.4 Å². The van der Waals surface area contributed by atoms with E-state index < -0.39 is 29.3 Å². The number of nitrogens with zero attached hydrogens (tertiary/aromatic N) is 1. The number of carbonyl (C=O) groups is 4. The summed E-state index contributed by atoms with van der Waals surface area (Å²) in [6.07, 6.45) is -0.143. The first-order chi connectivity index (χ1) is 11.4. The van der Waals surface area contributed by atoms with Crippen molar-refractivity contribution in [2.45, 2.75) is 32.7 Å². The molecule has 0 saturated carbocycles. The van der Waals surface area contributed by atoms with Crippen molar-refractivity contribution in [3.63, 3.8) is 0 Å². The zero-order chi connectivity index (χ0) is 17.9. The van der Waals surface area contributed by atoms with Gasteiger partial charge in [-0.3, -0.25) is 9.59 Å². The van der Waals surface area contributed by atoms with Crippen LogP contribution in [0.5, 0.6) is 0 Å². The number of hydrogen-bond acceptors (Lipinski definition) is 6. The van der Waals surface area contributed by atoms with E-state index in [1.165, 1.54) is 19.1 Å². The molecule has 1 heterocycles. The second kappa shape index (κ2) is 6.82. The zero-order valence-electron chi connectivity index (χ0n) is 13.8. The summed E-state index contributed by atoms with van der Waals surface area (Å²) in [7, 11) is 0. The number of hydrogen-bond donors (Lipinski definition) is 0. The van der Waals surface area contributed by atoms with Crippen LogP contribution in [0.3, 0.4) is 0 Å². The number of fused-ring (bicyclic) bond motifs is 1. The topological polar surface area (TPSA) is 90.0 Å². The highest BCUT2D eigenvalue weighted by Crippen LogP contribution is 2.33. The molecule has 0 spiro atoms. The summed E-state index contributed by atoms with van der Waals surface area (Å²) in [4.78, 5) is 51.3. The van der Waals surface area contributed by atoms with Gasteiger partial charge in [-0.2, -0.15) is 0 Å². The SMILES string of the molecule is CCOC(=O)C(CC)(C(=O)OCC)N1C(=O)c2ccccc2C1=O. The summed E-state index contributed by atoms with van der Waals surface area (Å²) in [5, 5.41) is 0. The van der Waals surface area contributed by atoms with Crippen LogP contribution in [0.15, 0.2) is 24.3 Å². The summed E-state index contributed by atoms with van der Waals surface area (Å²) >= 11 is 0. The van der Waals surface area contributed by atoms with Gasteiger partial charge in [-0.1, -0.05) is 19.1 Å². The van der Waals surface area contributed by atoms with E-state index in [1.54, 1.807) is 26.0 Å². The number of ether oxygens (including phenoxy) is 2. The summed E-state index contributed by atoms with van der Waals surface area (Å²) in [5.41, 5.74) is -1.83. The third kappa shape index (κ3) is 2.46. The fraction of sp³-hybridized carbons (Fsp3) is 0.412. The Morgan fingerprint density at radius 2 is 1.33 bits per heavy atom. The van der Waals surface area contributed by atoms with Crippen molar-refractivity contribution < 1.29 is 28.7 Å². The summed E-state index contributed by atoms with van der Waals surface area (Å²) in [6, 6.07) is 6.17. The first-order valence-corrected chi connectivity index (χ1v) is 7.78. The molecule has 0 atom stereocenters. The molecular formula is C17H19NO6. The molecule has 0 radical (unpaired) electrons. The first kappa shape index (κ1) is 17.7. The highest BCUT2D eigenvalue weighted by molar-refractivity contribution is 6.26. The number of imide groups is 1. The van der Waals surface area contributed by atoms with Gasteiger partial charge in [-0.25, -0.2) is 14.5 Å². The van der Waals surface area contributed by atoms with Gasteiger partial charge < -0.3 is 9.47 Å². The summed E-state index contributed by atoms with van der Waals surface area (Å²) in [6.45, 7) is 4.68. The van der Waals surface area contributed by atoms with Gasteiger partial charge in [0.05, 0.1) is 24.3 Å². The van der Waals surface area contributed by atoms with E-state index in [2.05, 4.69) is 0 Å². The molecule has 0 aliphatic carbocycles. The monoisotopic (exact) mass is 333 g/mol. The van der Waals surface area contributed by atoms with Gasteiger partial charge in [0.2, 0.25) is 5.54 Å². The summed E-state index contributed by atoms with van der Waals surface area (Å²) < 4.78 is 9.98. The van der Waals surface area contributed by atoms with Crippen molar-refractivity contribution in [3.05, 3.63) is 35.4 Å². The number of amides is 2. The van der Waals surface area contributed by atoms with Crippen LogP contribution in [-0.2, 0) is 19.1 Å². The van der Waals surface area contributed by atoms with Gasteiger partial charge in [0, 0.05) is 0 Å². The molecule has 24 heavy (non-hydrogen) atoms. The van der Waals surface area contributed by atoms with Gasteiger partial charge in [-0.15, -0.1) is 0 Å². The predicted molar refractivity (Wildman–Crippen MR) is 83.2 cm³/mol. The molecule has 0 N–H and O–H groups in total. The quantitative estimate of drug-likeness (QED) is 0.446. The highest BCUT2D eigenvalue weighted by atomic mass is 16.6. The minimum atomic E-state index is -2.13. The molecule has 0 saturated heterocycles. The molecular weight excluding hydrogens is 314 g/mol. The van der Waals surface area contributed by atoms with Gasteiger partial charge >= 0.3 is 11.9 Å². The van der Waals surface area contributed by atoms with E-state index in [0.717, 1.165) is 0 Å². The average Bonchev–Trinajstić information content (AvgIpc) is 2.83. The fourth-order valence-electron chi connectivity index (χ4n) is 2.75. The molecule has 0 fully saturated rings. The van der Waals surface area contributed by atoms with E-state index in [-0.39, 0.29) is 30.8 Å². The molecule has 7 heteroatoms. The maximum Gasteiger partial charge on any atom is 0.344 e. The lowest BCUT2D eigenvalue weighted by Crippen LogP contribution is -2.63. The van der Waals surface area contributed by atoms with Crippen molar-refractivity contribution in [2.24, 2.45) is 0 Å². The smallest absolute Gasteiger partial charge is 0.344 e. The molecule has 1 aliphatic rings. The van der Waals surface area contributed by atoms with Crippen LogP contribution in [0.1, 0.15) is 47.9 Å². The second-order valence-corrected chi connectivity index (χ2v) is 5.15. The van der Waals surface area contributed by atoms with Crippen molar-refractivity contribution >= 4 is 23.8 Å². The second-order valence-electron chi connectivity index (χ2n) is 5.15. The molecule has 128 valence electrons. The minimum absolute atomic E-state index is 0.00313. The third-order valence-electron chi connectivity index (χ3n) is 3.91. The van der Waals surface area contributed by atoms with E-state index in [0.29, 0.717) is 4.90 Å². The van der Waals surface area contributed by atoms with Crippen molar-refractivity contribution in [2.75, 3.05) is 13.2 Å². The maximum atomic E-state index is 12.7. The normalized spacial score (nSPS) is 13.7. The lowest BCUT2D eigenvalue weighted by molar-refractivity contribution is -0.171. The molecule has 0 bridgehead atoms. The summed E-state index contributed by atoms with van der Waals surface area (Å²) in [5.74, 6) is -3.36. The number of carbonyl (C=O) groups excluding carboxylic acids is 4. The molecule has 7 nitrogen and oxygen atoms in total. The Morgan fingerprint density at radius 1 is 0.917 bits per heavy atom. The Bertz CT molecular complexity index is 643. The van der Waals surface area contributed by atoms with Crippen LogP contribution in [0, 0.1) is 0 Å². The largest absolute Gasteiger partial charge is 0.464 e. The van der Waals surface area contributed by atoms with Crippen molar-refractivity contribution in [3.8, 4) is 0 Å². The Hall–Kier alpha value is -2.70. The average molecular weight is 333 g/mol. The van der Waals surface area contributed by atoms with Crippen LogP contribution in [0.25, 0.3) is 0 Å². The maximum absolute atomic E-state index is 12.7. The van der Waals surface area contributed by atoms with Crippen LogP contribution in [-0.4, -0.2) is 47.4 Å². The number of benzene rings is 1. The van der Waals surface area contributed by atoms with Gasteiger partial charge in [0.1, 0.15) is 0 Å². The predicted octanol–water partition coefficient (Wildman–Crippen LogP) is 1.56. The molecule has 1 aliphatic heterocycles. The first-order valence-electron chi connectivity index (χ1n) is 7.78. The van der Waals surface area contributed by atoms with Crippen molar-refractivity contribution in [1.29, 1.82) is 0 Å². The van der Waals surface area contributed by atoms with E-state index in [9.17, 15) is 19.2 Å². The Kier molecular flexibility index (Phi) is 5.02. The molecule has 2 rings (SSSR count). The van der Waals surface area contributed by atoms with Crippen molar-refractivity contribution in [1.82, 2.24) is 4.90 Å². The van der Waals surface area contributed by atoms with Gasteiger partial charge in [0.25, 0.3) is 11.8 Å². The molecule has 1 aromatic rings. The molecule has 0 aromatic heterocycles. The number of esters is 2. The zero-order valence-corrected chi connectivity index (χ0v) is 13.8. The Morgan fingerprint density at radius 3 is 1.67 bits per heavy atom. The van der Waals surface area contributed by atoms with E-state index in [1.807, 2.05) is 0 Å². The van der Waals surface area contributed by atoms with E-state index >= 15 is 0 Å². The standard InChI is InChI=1S/C17H19NO6/c1-4-17(15(21)23-5-2,16(22)24-6-3)18-13(19)11-9-7-8-10-12(11)14(18)20/h7-10H,4-6H2,1-3H3. The minimum Gasteiger partial charge on any atom is -0.464 e. The highest BCUT2D eigenvalue weighted by Gasteiger charge is 2.59. The molecule has 0 unspecified atom stereocenters. The van der Waals surface area contributed by atoms with Crippen LogP contribution < -0.4 is 0 Å². The fourth-order valence-corrected chi connectivity index (χ4v) is 2.75. The van der Waals surface area contributed by atoms with Crippen LogP contribution in [0.4, 0.5) is 0 Å².